The molecular formula is C12H18OS. The van der Waals surface area contributed by atoms with Crippen molar-refractivity contribution in [2.24, 2.45) is 11.8 Å². The number of benzene rings is 1. The van der Waals surface area contributed by atoms with Crippen molar-refractivity contribution in [3.8, 4) is 0 Å². The van der Waals surface area contributed by atoms with Gasteiger partial charge in [0.25, 0.3) is 0 Å². The molecule has 0 aliphatic rings. The van der Waals surface area contributed by atoms with E-state index in [2.05, 4.69) is 26.0 Å². The molecule has 1 N–H and O–H groups in total. The molecule has 78 valence electrons. The first-order valence-corrected chi connectivity index (χ1v) is 6.01. The van der Waals surface area contributed by atoms with Crippen LogP contribution in [0, 0.1) is 11.8 Å². The van der Waals surface area contributed by atoms with Crippen LogP contribution in [-0.4, -0.2) is 17.5 Å². The summed E-state index contributed by atoms with van der Waals surface area (Å²) in [5.41, 5.74) is 0. The molecule has 1 atom stereocenters. The first-order chi connectivity index (χ1) is 6.74. The van der Waals surface area contributed by atoms with E-state index in [-0.39, 0.29) is 6.61 Å². The number of aliphatic hydroxyl groups is 1. The third-order valence-corrected chi connectivity index (χ3v) is 3.58. The Kier molecular flexibility index (Phi) is 5.05. The minimum Gasteiger partial charge on any atom is -0.396 e. The van der Waals surface area contributed by atoms with Gasteiger partial charge in [0.05, 0.1) is 0 Å². The van der Waals surface area contributed by atoms with Gasteiger partial charge in [0.15, 0.2) is 0 Å². The maximum atomic E-state index is 9.16. The second-order valence-electron chi connectivity index (χ2n) is 3.81. The predicted octanol–water partition coefficient (Wildman–Crippen LogP) is 3.04. The van der Waals surface area contributed by atoms with Crippen molar-refractivity contribution in [2.45, 2.75) is 18.7 Å². The molecular weight excluding hydrogens is 192 g/mol. The average Bonchev–Trinajstić information content (AvgIpc) is 2.20. The van der Waals surface area contributed by atoms with Gasteiger partial charge in [0.2, 0.25) is 0 Å². The maximum Gasteiger partial charge on any atom is 0.0469 e. The summed E-state index contributed by atoms with van der Waals surface area (Å²) >= 11 is 1.82. The molecule has 0 bridgehead atoms. The van der Waals surface area contributed by atoms with Gasteiger partial charge in [-0.05, 0) is 24.0 Å². The highest BCUT2D eigenvalue weighted by molar-refractivity contribution is 7.99. The molecule has 0 radical (unpaired) electrons. The van der Waals surface area contributed by atoms with Gasteiger partial charge in [-0.25, -0.2) is 0 Å². The molecule has 1 aromatic carbocycles. The van der Waals surface area contributed by atoms with E-state index in [1.807, 2.05) is 30.0 Å². The molecule has 0 aromatic heterocycles. The molecule has 1 nitrogen and oxygen atoms in total. The molecule has 14 heavy (non-hydrogen) atoms. The Morgan fingerprint density at radius 3 is 2.36 bits per heavy atom. The van der Waals surface area contributed by atoms with E-state index in [0.717, 1.165) is 5.75 Å². The third-order valence-electron chi connectivity index (χ3n) is 2.38. The van der Waals surface area contributed by atoms with Gasteiger partial charge in [-0.2, -0.15) is 0 Å². The quantitative estimate of drug-likeness (QED) is 0.754. The van der Waals surface area contributed by atoms with E-state index >= 15 is 0 Å². The number of rotatable bonds is 5. The van der Waals surface area contributed by atoms with Crippen molar-refractivity contribution in [3.63, 3.8) is 0 Å². The van der Waals surface area contributed by atoms with Crippen molar-refractivity contribution >= 4 is 11.8 Å². The van der Waals surface area contributed by atoms with E-state index in [9.17, 15) is 0 Å². The minimum absolute atomic E-state index is 0.289. The first kappa shape index (κ1) is 11.6. The zero-order valence-corrected chi connectivity index (χ0v) is 9.63. The number of hydrogen-bond acceptors (Lipinski definition) is 2. The average molecular weight is 210 g/mol. The van der Waals surface area contributed by atoms with Crippen LogP contribution in [-0.2, 0) is 0 Å². The van der Waals surface area contributed by atoms with Crippen molar-refractivity contribution in [1.82, 2.24) is 0 Å². The maximum absolute atomic E-state index is 9.16. The molecule has 0 aliphatic heterocycles. The molecule has 2 heteroatoms. The molecule has 1 unspecified atom stereocenters. The summed E-state index contributed by atoms with van der Waals surface area (Å²) < 4.78 is 0. The Labute approximate surface area is 90.5 Å². The Morgan fingerprint density at radius 2 is 1.86 bits per heavy atom. The van der Waals surface area contributed by atoms with Crippen molar-refractivity contribution in [1.29, 1.82) is 0 Å². The fraction of sp³-hybridized carbons (Fsp3) is 0.500. The topological polar surface area (TPSA) is 20.2 Å². The van der Waals surface area contributed by atoms with E-state index in [4.69, 9.17) is 5.11 Å². The minimum atomic E-state index is 0.289. The number of aliphatic hydroxyl groups excluding tert-OH is 1. The smallest absolute Gasteiger partial charge is 0.0469 e. The molecule has 1 rings (SSSR count). The summed E-state index contributed by atoms with van der Waals surface area (Å²) in [6, 6.07) is 10.3. The van der Waals surface area contributed by atoms with E-state index in [1.165, 1.54) is 4.90 Å². The normalized spacial score (nSPS) is 13.1. The molecule has 0 heterocycles. The van der Waals surface area contributed by atoms with Crippen molar-refractivity contribution in [2.75, 3.05) is 12.4 Å². The summed E-state index contributed by atoms with van der Waals surface area (Å²) in [5.74, 6) is 1.95. The van der Waals surface area contributed by atoms with Crippen molar-refractivity contribution < 1.29 is 5.11 Å². The lowest BCUT2D eigenvalue weighted by Crippen LogP contribution is -2.15. The zero-order chi connectivity index (χ0) is 10.4. The van der Waals surface area contributed by atoms with Crippen LogP contribution >= 0.6 is 11.8 Å². The lowest BCUT2D eigenvalue weighted by molar-refractivity contribution is 0.206. The van der Waals surface area contributed by atoms with Gasteiger partial charge in [-0.15, -0.1) is 11.8 Å². The van der Waals surface area contributed by atoms with Crippen LogP contribution in [0.15, 0.2) is 35.2 Å². The Morgan fingerprint density at radius 1 is 1.21 bits per heavy atom. The molecule has 0 saturated carbocycles. The first-order valence-electron chi connectivity index (χ1n) is 5.02. The largest absolute Gasteiger partial charge is 0.396 e. The second kappa shape index (κ2) is 6.10. The van der Waals surface area contributed by atoms with Crippen LogP contribution in [0.3, 0.4) is 0 Å². The molecule has 0 spiro atoms. The predicted molar refractivity (Wildman–Crippen MR) is 62.6 cm³/mol. The second-order valence-corrected chi connectivity index (χ2v) is 4.90. The van der Waals surface area contributed by atoms with Crippen LogP contribution in [0.1, 0.15) is 13.8 Å². The molecule has 0 fully saturated rings. The lowest BCUT2D eigenvalue weighted by Gasteiger charge is -2.17. The van der Waals surface area contributed by atoms with Crippen LogP contribution in [0.4, 0.5) is 0 Å². The lowest BCUT2D eigenvalue weighted by atomic mass is 9.99. The number of hydrogen-bond donors (Lipinski definition) is 1. The molecule has 0 amide bonds. The summed E-state index contributed by atoms with van der Waals surface area (Å²) in [7, 11) is 0. The Hall–Kier alpha value is -0.470. The number of thioether (sulfide) groups is 1. The van der Waals surface area contributed by atoms with Crippen LogP contribution < -0.4 is 0 Å². The van der Waals surface area contributed by atoms with E-state index in [0.29, 0.717) is 11.8 Å². The highest BCUT2D eigenvalue weighted by atomic mass is 32.2. The van der Waals surface area contributed by atoms with Gasteiger partial charge in [0.1, 0.15) is 0 Å². The van der Waals surface area contributed by atoms with Gasteiger partial charge >= 0.3 is 0 Å². The Balaban J connectivity index is 2.40. The monoisotopic (exact) mass is 210 g/mol. The van der Waals surface area contributed by atoms with Crippen LogP contribution in [0.5, 0.6) is 0 Å². The highest BCUT2D eigenvalue weighted by Gasteiger charge is 2.11. The third kappa shape index (κ3) is 3.72. The fourth-order valence-electron chi connectivity index (χ4n) is 1.18. The highest BCUT2D eigenvalue weighted by Crippen LogP contribution is 2.23. The van der Waals surface area contributed by atoms with E-state index < -0.39 is 0 Å². The van der Waals surface area contributed by atoms with Gasteiger partial charge < -0.3 is 5.11 Å². The van der Waals surface area contributed by atoms with Gasteiger partial charge in [0, 0.05) is 17.3 Å². The fourth-order valence-corrected chi connectivity index (χ4v) is 2.42. The summed E-state index contributed by atoms with van der Waals surface area (Å²) in [4.78, 5) is 1.28. The Bertz CT molecular complexity index is 246. The zero-order valence-electron chi connectivity index (χ0n) is 8.81. The van der Waals surface area contributed by atoms with Crippen LogP contribution in [0.2, 0.25) is 0 Å². The summed E-state index contributed by atoms with van der Waals surface area (Å²) in [5, 5.41) is 9.16. The van der Waals surface area contributed by atoms with Crippen molar-refractivity contribution in [3.05, 3.63) is 30.3 Å². The standard InChI is InChI=1S/C12H18OS/c1-10(2)11(8-13)9-14-12-6-4-3-5-7-12/h3-7,10-11,13H,8-9H2,1-2H3. The SMILES string of the molecule is CC(C)C(CO)CSc1ccccc1. The summed E-state index contributed by atoms with van der Waals surface area (Å²) in [6.07, 6.45) is 0. The van der Waals surface area contributed by atoms with E-state index in [1.54, 1.807) is 0 Å². The molecule has 0 aliphatic carbocycles. The van der Waals surface area contributed by atoms with Gasteiger partial charge in [-0.3, -0.25) is 0 Å². The molecule has 1 aromatic rings. The van der Waals surface area contributed by atoms with Crippen LogP contribution in [0.25, 0.3) is 0 Å². The summed E-state index contributed by atoms with van der Waals surface area (Å²) in [6.45, 7) is 4.61. The van der Waals surface area contributed by atoms with Gasteiger partial charge in [-0.1, -0.05) is 32.0 Å². The molecule has 0 saturated heterocycles.